The molecule has 0 saturated carbocycles. The van der Waals surface area contributed by atoms with Crippen LogP contribution < -0.4 is 20.7 Å². The molecule has 1 unspecified atom stereocenters. The van der Waals surface area contributed by atoms with Gasteiger partial charge >= 0.3 is 5.97 Å². The zero-order valence-corrected chi connectivity index (χ0v) is 30.6. The third-order valence-corrected chi connectivity index (χ3v) is 9.36. The minimum Gasteiger partial charge on any atom is -0.495 e. The second kappa shape index (κ2) is 17.6. The number of benzene rings is 2. The molecule has 2 aliphatic heterocycles. The number of azide groups is 1. The lowest BCUT2D eigenvalue weighted by Gasteiger charge is -2.30. The van der Waals surface area contributed by atoms with Crippen molar-refractivity contribution in [2.45, 2.75) is 90.8 Å². The van der Waals surface area contributed by atoms with E-state index in [9.17, 15) is 19.2 Å². The number of cyclic esters (lactones) is 1. The molecule has 0 spiro atoms. The van der Waals surface area contributed by atoms with Crippen LogP contribution in [0.15, 0.2) is 59.7 Å². The topological polar surface area (TPSA) is 184 Å². The van der Waals surface area contributed by atoms with Crippen molar-refractivity contribution < 1.29 is 33.4 Å². The van der Waals surface area contributed by atoms with Gasteiger partial charge < -0.3 is 30.2 Å². The fourth-order valence-electron chi connectivity index (χ4n) is 5.89. The Bertz CT molecular complexity index is 1660. The standard InChI is InChI=1S/C37H47ClN6O7/c1-21(2)16-28-35(47)50-29(22(3)32-33(51-32)25-13-10-23(11-14-25)19-41-44-39)8-7-9-31(45)42-27(18-24-12-15-30(49-6)26(38)17-24)34(46)40-20-37(4,5)36(48)43-28/h7,9-15,17,21-22,27-29,32-33H,8,16,18-20H2,1-6H3,(H,40,46)(H,42,45)(H,43,48)/b9-7+/t22?,27-,28+,29+,32-,33-/m1/s1. The summed E-state index contributed by atoms with van der Waals surface area (Å²) in [5, 5.41) is 12.4. The summed E-state index contributed by atoms with van der Waals surface area (Å²) in [5.41, 5.74) is 9.99. The van der Waals surface area contributed by atoms with Crippen LogP contribution in [-0.2, 0) is 41.6 Å². The smallest absolute Gasteiger partial charge is 0.328 e. The van der Waals surface area contributed by atoms with E-state index in [-0.39, 0.29) is 50.0 Å². The minimum atomic E-state index is -1.11. The Balaban J connectivity index is 1.59. The van der Waals surface area contributed by atoms with Crippen LogP contribution in [-0.4, -0.2) is 61.6 Å². The lowest BCUT2D eigenvalue weighted by molar-refractivity contribution is -0.157. The molecule has 14 heteroatoms. The first-order valence-corrected chi connectivity index (χ1v) is 17.4. The van der Waals surface area contributed by atoms with E-state index in [1.165, 1.54) is 13.2 Å². The number of nitrogens with one attached hydrogen (secondary N) is 3. The van der Waals surface area contributed by atoms with Crippen molar-refractivity contribution in [1.29, 1.82) is 0 Å². The maximum Gasteiger partial charge on any atom is 0.328 e. The summed E-state index contributed by atoms with van der Waals surface area (Å²) >= 11 is 6.33. The number of methoxy groups -OCH3 is 1. The third-order valence-electron chi connectivity index (χ3n) is 9.07. The predicted molar refractivity (Wildman–Crippen MR) is 192 cm³/mol. The molecule has 0 aliphatic carbocycles. The SMILES string of the molecule is COc1ccc(C[C@H]2NC(=O)/C=C/C[C@@H](C(C)[C@H]3O[C@@H]3c3ccc(CN=[N+]=[N-])cc3)OC(=O)[C@H](CC(C)C)NC(=O)C(C)(C)CNC2=O)cc1Cl. The van der Waals surface area contributed by atoms with Gasteiger partial charge in [0.1, 0.15) is 30.0 Å². The molecule has 0 aromatic heterocycles. The molecule has 51 heavy (non-hydrogen) atoms. The van der Waals surface area contributed by atoms with Crippen molar-refractivity contribution >= 4 is 35.3 Å². The number of esters is 1. The quantitative estimate of drug-likeness (QED) is 0.0950. The van der Waals surface area contributed by atoms with Gasteiger partial charge in [0.2, 0.25) is 17.7 Å². The van der Waals surface area contributed by atoms with Crippen molar-refractivity contribution in [2.75, 3.05) is 13.7 Å². The Morgan fingerprint density at radius 2 is 1.75 bits per heavy atom. The van der Waals surface area contributed by atoms with E-state index in [2.05, 4.69) is 26.0 Å². The largest absolute Gasteiger partial charge is 0.495 e. The van der Waals surface area contributed by atoms with E-state index < -0.39 is 47.3 Å². The van der Waals surface area contributed by atoms with E-state index in [1.54, 1.807) is 38.1 Å². The lowest BCUT2D eigenvalue weighted by atomic mass is 9.90. The molecule has 2 aromatic carbocycles. The molecule has 2 aromatic rings. The highest BCUT2D eigenvalue weighted by molar-refractivity contribution is 6.32. The molecular weight excluding hydrogens is 676 g/mol. The molecule has 0 bridgehead atoms. The molecule has 4 rings (SSSR count). The predicted octanol–water partition coefficient (Wildman–Crippen LogP) is 5.51. The summed E-state index contributed by atoms with van der Waals surface area (Å²) in [4.78, 5) is 56.8. The summed E-state index contributed by atoms with van der Waals surface area (Å²) in [6.45, 7) is 9.34. The van der Waals surface area contributed by atoms with Crippen LogP contribution in [0.3, 0.4) is 0 Å². The number of hydrogen-bond acceptors (Lipinski definition) is 8. The Morgan fingerprint density at radius 1 is 1.04 bits per heavy atom. The minimum absolute atomic E-state index is 0.0563. The van der Waals surface area contributed by atoms with Gasteiger partial charge in [0.15, 0.2) is 0 Å². The fourth-order valence-corrected chi connectivity index (χ4v) is 6.17. The fraction of sp³-hybridized carbons (Fsp3) is 0.514. The number of carbonyl (C=O) groups excluding carboxylic acids is 4. The van der Waals surface area contributed by atoms with Crippen LogP contribution in [0.4, 0.5) is 0 Å². The average Bonchev–Trinajstić information content (AvgIpc) is 3.89. The number of carbonyl (C=O) groups is 4. The highest BCUT2D eigenvalue weighted by Gasteiger charge is 2.47. The summed E-state index contributed by atoms with van der Waals surface area (Å²) in [6, 6.07) is 10.8. The van der Waals surface area contributed by atoms with E-state index in [0.29, 0.717) is 22.8 Å². The number of epoxide rings is 1. The number of halogens is 1. The molecule has 1 fully saturated rings. The Morgan fingerprint density at radius 3 is 2.39 bits per heavy atom. The number of amides is 3. The second-order valence-corrected chi connectivity index (χ2v) is 14.5. The zero-order valence-electron chi connectivity index (χ0n) is 29.9. The van der Waals surface area contributed by atoms with Gasteiger partial charge in [-0.25, -0.2) is 4.79 Å². The molecule has 0 radical (unpaired) electrons. The monoisotopic (exact) mass is 722 g/mol. The van der Waals surface area contributed by atoms with Crippen LogP contribution in [0.1, 0.15) is 70.3 Å². The van der Waals surface area contributed by atoms with Gasteiger partial charge in [-0.15, -0.1) is 0 Å². The van der Waals surface area contributed by atoms with Crippen molar-refractivity contribution in [3.8, 4) is 5.75 Å². The first kappa shape index (κ1) is 39.2. The molecule has 13 nitrogen and oxygen atoms in total. The zero-order chi connectivity index (χ0) is 37.3. The van der Waals surface area contributed by atoms with Crippen LogP contribution in [0.5, 0.6) is 5.75 Å². The van der Waals surface area contributed by atoms with E-state index in [1.807, 2.05) is 45.0 Å². The summed E-state index contributed by atoms with van der Waals surface area (Å²) in [6.07, 6.45) is 2.36. The number of rotatable bonds is 10. The van der Waals surface area contributed by atoms with Gasteiger partial charge in [-0.2, -0.15) is 0 Å². The second-order valence-electron chi connectivity index (χ2n) is 14.1. The molecule has 3 amide bonds. The summed E-state index contributed by atoms with van der Waals surface area (Å²) in [5.74, 6) is -1.78. The summed E-state index contributed by atoms with van der Waals surface area (Å²) < 4.78 is 17.4. The Labute approximate surface area is 303 Å². The van der Waals surface area contributed by atoms with Crippen LogP contribution in [0.2, 0.25) is 5.02 Å². The van der Waals surface area contributed by atoms with Crippen LogP contribution in [0.25, 0.3) is 10.4 Å². The van der Waals surface area contributed by atoms with E-state index >= 15 is 0 Å². The van der Waals surface area contributed by atoms with Crippen LogP contribution in [0, 0.1) is 17.3 Å². The molecular formula is C37H47ClN6O7. The van der Waals surface area contributed by atoms with Gasteiger partial charge in [0, 0.05) is 30.2 Å². The first-order chi connectivity index (χ1) is 24.2. The number of nitrogens with zero attached hydrogens (tertiary/aromatic N) is 3. The van der Waals surface area contributed by atoms with Crippen molar-refractivity contribution in [1.82, 2.24) is 16.0 Å². The molecule has 1 saturated heterocycles. The number of ether oxygens (including phenoxy) is 3. The van der Waals surface area contributed by atoms with Gasteiger partial charge in [-0.3, -0.25) is 14.4 Å². The third kappa shape index (κ3) is 11.0. The first-order valence-electron chi connectivity index (χ1n) is 17.1. The van der Waals surface area contributed by atoms with Gasteiger partial charge in [-0.1, -0.05) is 73.9 Å². The Kier molecular flexibility index (Phi) is 13.5. The highest BCUT2D eigenvalue weighted by atomic mass is 35.5. The van der Waals surface area contributed by atoms with Crippen molar-refractivity contribution in [3.63, 3.8) is 0 Å². The maximum atomic E-state index is 13.7. The van der Waals surface area contributed by atoms with Gasteiger partial charge in [-0.05, 0) is 66.6 Å². The van der Waals surface area contributed by atoms with Crippen molar-refractivity contribution in [2.24, 2.45) is 22.4 Å². The van der Waals surface area contributed by atoms with E-state index in [0.717, 1.165) is 11.1 Å². The lowest BCUT2D eigenvalue weighted by Crippen LogP contribution is -2.54. The van der Waals surface area contributed by atoms with Crippen LogP contribution >= 0.6 is 11.6 Å². The van der Waals surface area contributed by atoms with E-state index in [4.69, 9.17) is 31.3 Å². The molecule has 274 valence electrons. The Hall–Kier alpha value is -4.58. The molecule has 2 aliphatic rings. The average molecular weight is 723 g/mol. The maximum absolute atomic E-state index is 13.7. The normalized spacial score (nSPS) is 25.4. The number of hydrogen-bond donors (Lipinski definition) is 3. The molecule has 3 N–H and O–H groups in total. The van der Waals surface area contributed by atoms with Gasteiger partial charge in [0.05, 0.1) is 30.2 Å². The van der Waals surface area contributed by atoms with Crippen molar-refractivity contribution in [3.05, 3.63) is 86.8 Å². The van der Waals surface area contributed by atoms with Gasteiger partial charge in [0.25, 0.3) is 0 Å². The molecule has 2 heterocycles. The summed E-state index contributed by atoms with van der Waals surface area (Å²) in [7, 11) is 1.50. The molecule has 6 atom stereocenters. The highest BCUT2D eigenvalue weighted by Crippen LogP contribution is 2.45.